The van der Waals surface area contributed by atoms with Crippen molar-refractivity contribution >= 4 is 16.7 Å². The molecule has 6 nitrogen and oxygen atoms in total. The highest BCUT2D eigenvalue weighted by Crippen LogP contribution is 2.30. The molecule has 2 aliphatic rings. The number of hydrogen-bond donors (Lipinski definition) is 1. The average molecular weight is 309 g/mol. The van der Waals surface area contributed by atoms with E-state index >= 15 is 0 Å². The van der Waals surface area contributed by atoms with Gasteiger partial charge in [-0.25, -0.2) is 0 Å². The second-order valence-corrected chi connectivity index (χ2v) is 6.32. The van der Waals surface area contributed by atoms with Crippen molar-refractivity contribution in [3.05, 3.63) is 34.2 Å². The Labute approximate surface area is 134 Å². The van der Waals surface area contributed by atoms with E-state index in [2.05, 4.69) is 25.8 Å². The number of fused-ring (bicyclic) bond motifs is 1. The lowest BCUT2D eigenvalue weighted by Crippen LogP contribution is -2.35. The van der Waals surface area contributed by atoms with Crippen LogP contribution in [0, 0.1) is 11.3 Å². The smallest absolute Gasteiger partial charge is 0.268 e. The van der Waals surface area contributed by atoms with Crippen LogP contribution in [-0.4, -0.2) is 47.1 Å². The first-order chi connectivity index (χ1) is 11.3. The van der Waals surface area contributed by atoms with Crippen LogP contribution in [0.5, 0.6) is 0 Å². The summed E-state index contributed by atoms with van der Waals surface area (Å²) in [7, 11) is 0. The monoisotopic (exact) mass is 309 g/mol. The zero-order valence-electron chi connectivity index (χ0n) is 13.0. The van der Waals surface area contributed by atoms with Crippen molar-refractivity contribution in [2.45, 2.75) is 25.3 Å². The summed E-state index contributed by atoms with van der Waals surface area (Å²) in [6, 6.07) is 6.23. The summed E-state index contributed by atoms with van der Waals surface area (Å²) in [6.07, 6.45) is 5.33. The number of pyridine rings is 2. The van der Waals surface area contributed by atoms with Gasteiger partial charge in [-0.2, -0.15) is 5.26 Å². The van der Waals surface area contributed by atoms with Gasteiger partial charge in [0.05, 0.1) is 11.2 Å². The molecule has 118 valence electrons. The molecule has 0 bridgehead atoms. The largest absolute Gasteiger partial charge is 0.367 e. The van der Waals surface area contributed by atoms with Gasteiger partial charge in [0.15, 0.2) is 0 Å². The van der Waals surface area contributed by atoms with E-state index in [9.17, 15) is 10.1 Å². The zero-order valence-corrected chi connectivity index (χ0v) is 13.0. The lowest BCUT2D eigenvalue weighted by Gasteiger charge is -2.25. The first-order valence-electron chi connectivity index (χ1n) is 8.18. The van der Waals surface area contributed by atoms with E-state index in [-0.39, 0.29) is 11.1 Å². The van der Waals surface area contributed by atoms with Gasteiger partial charge in [-0.15, -0.1) is 0 Å². The maximum absolute atomic E-state index is 12.2. The van der Waals surface area contributed by atoms with Crippen molar-refractivity contribution in [2.75, 3.05) is 31.1 Å². The van der Waals surface area contributed by atoms with E-state index in [1.54, 1.807) is 12.3 Å². The summed E-state index contributed by atoms with van der Waals surface area (Å²) in [6.45, 7) is 4.06. The molecule has 2 aliphatic heterocycles. The topological polar surface area (TPSA) is 76.0 Å². The highest BCUT2D eigenvalue weighted by Gasteiger charge is 2.32. The van der Waals surface area contributed by atoms with Crippen molar-refractivity contribution < 1.29 is 0 Å². The van der Waals surface area contributed by atoms with Gasteiger partial charge in [-0.1, -0.05) is 0 Å². The number of hydrogen-bond acceptors (Lipinski definition) is 5. The second kappa shape index (κ2) is 5.67. The quantitative estimate of drug-likeness (QED) is 0.909. The van der Waals surface area contributed by atoms with E-state index < -0.39 is 0 Å². The van der Waals surface area contributed by atoms with E-state index in [0.29, 0.717) is 22.8 Å². The molecule has 2 saturated heterocycles. The molecule has 2 aromatic heterocycles. The molecule has 0 radical (unpaired) electrons. The fourth-order valence-electron chi connectivity index (χ4n) is 3.87. The van der Waals surface area contributed by atoms with Crippen LogP contribution < -0.4 is 10.5 Å². The van der Waals surface area contributed by atoms with Crippen molar-refractivity contribution in [1.29, 1.82) is 5.26 Å². The van der Waals surface area contributed by atoms with Gasteiger partial charge in [0.2, 0.25) is 0 Å². The lowest BCUT2D eigenvalue weighted by molar-refractivity contribution is 0.260. The van der Waals surface area contributed by atoms with Crippen LogP contribution in [0.1, 0.15) is 24.8 Å². The van der Waals surface area contributed by atoms with E-state index in [4.69, 9.17) is 0 Å². The molecule has 1 N–H and O–H groups in total. The average Bonchev–Trinajstić information content (AvgIpc) is 3.24. The third-order valence-electron chi connectivity index (χ3n) is 4.99. The van der Waals surface area contributed by atoms with Gasteiger partial charge >= 0.3 is 0 Å². The van der Waals surface area contributed by atoms with Crippen LogP contribution >= 0.6 is 0 Å². The maximum atomic E-state index is 12.2. The lowest BCUT2D eigenvalue weighted by atomic mass is 10.1. The molecular weight excluding hydrogens is 290 g/mol. The minimum absolute atomic E-state index is 0.179. The molecule has 0 amide bonds. The zero-order chi connectivity index (χ0) is 15.8. The van der Waals surface area contributed by atoms with Gasteiger partial charge in [0, 0.05) is 25.3 Å². The Hall–Kier alpha value is -2.39. The summed E-state index contributed by atoms with van der Waals surface area (Å²) in [5.74, 6) is 0. The highest BCUT2D eigenvalue weighted by molar-refractivity contribution is 5.91. The predicted octanol–water partition coefficient (Wildman–Crippen LogP) is 1.47. The Morgan fingerprint density at radius 3 is 2.91 bits per heavy atom. The van der Waals surface area contributed by atoms with Crippen LogP contribution in [0.15, 0.2) is 23.1 Å². The number of nitrogens with zero attached hydrogens (tertiary/aromatic N) is 4. The Kier molecular flexibility index (Phi) is 3.50. The Morgan fingerprint density at radius 1 is 1.30 bits per heavy atom. The Bertz CT molecular complexity index is 831. The van der Waals surface area contributed by atoms with Crippen LogP contribution in [-0.2, 0) is 0 Å². The van der Waals surface area contributed by atoms with Gasteiger partial charge in [0.1, 0.15) is 17.1 Å². The van der Waals surface area contributed by atoms with Gasteiger partial charge < -0.3 is 9.88 Å². The highest BCUT2D eigenvalue weighted by atomic mass is 16.1. The molecular formula is C17H19N5O. The molecule has 4 rings (SSSR count). The first-order valence-corrected chi connectivity index (χ1v) is 8.18. The van der Waals surface area contributed by atoms with Gasteiger partial charge in [-0.3, -0.25) is 14.7 Å². The van der Waals surface area contributed by atoms with E-state index in [1.807, 2.05) is 6.07 Å². The second-order valence-electron chi connectivity index (χ2n) is 6.32. The summed E-state index contributed by atoms with van der Waals surface area (Å²) < 4.78 is 0. The first kappa shape index (κ1) is 14.2. The summed E-state index contributed by atoms with van der Waals surface area (Å²) in [5.41, 5.74) is 1.96. The molecule has 0 aliphatic carbocycles. The van der Waals surface area contributed by atoms with Crippen molar-refractivity contribution in [3.63, 3.8) is 0 Å². The number of anilines is 1. The van der Waals surface area contributed by atoms with Gasteiger partial charge in [-0.05, 0) is 44.5 Å². The van der Waals surface area contributed by atoms with Crippen molar-refractivity contribution in [3.8, 4) is 6.07 Å². The molecule has 1 unspecified atom stereocenters. The minimum Gasteiger partial charge on any atom is -0.367 e. The molecule has 0 spiro atoms. The van der Waals surface area contributed by atoms with Crippen molar-refractivity contribution in [2.24, 2.45) is 0 Å². The van der Waals surface area contributed by atoms with Crippen molar-refractivity contribution in [1.82, 2.24) is 14.9 Å². The molecule has 0 aromatic carbocycles. The Balaban J connectivity index is 1.76. The SMILES string of the molecule is N#Cc1c(N2CCC(N3CCCC3)C2)c2ncccc2[nH]c1=O. The fraction of sp³-hybridized carbons (Fsp3) is 0.471. The van der Waals surface area contributed by atoms with Crippen LogP contribution in [0.3, 0.4) is 0 Å². The third kappa shape index (κ3) is 2.37. The van der Waals surface area contributed by atoms with E-state index in [0.717, 1.165) is 32.6 Å². The number of nitrogens with one attached hydrogen (secondary N) is 1. The third-order valence-corrected chi connectivity index (χ3v) is 4.99. The number of nitriles is 1. The number of H-pyrrole nitrogens is 1. The van der Waals surface area contributed by atoms with E-state index in [1.165, 1.54) is 12.8 Å². The molecule has 2 fully saturated rings. The Morgan fingerprint density at radius 2 is 2.13 bits per heavy atom. The predicted molar refractivity (Wildman–Crippen MR) is 88.5 cm³/mol. The number of aromatic amines is 1. The molecule has 4 heterocycles. The number of rotatable bonds is 2. The van der Waals surface area contributed by atoms with Crippen LogP contribution in [0.25, 0.3) is 11.0 Å². The molecule has 2 aromatic rings. The fourth-order valence-corrected chi connectivity index (χ4v) is 3.87. The summed E-state index contributed by atoms with van der Waals surface area (Å²) in [4.78, 5) is 24.1. The minimum atomic E-state index is -0.326. The molecule has 23 heavy (non-hydrogen) atoms. The number of likely N-dealkylation sites (tertiary alicyclic amines) is 1. The molecule has 6 heteroatoms. The number of aromatic nitrogens is 2. The normalized spacial score (nSPS) is 21.9. The standard InChI is InChI=1S/C17H19N5O/c18-10-13-16(15-14(20-17(13)23)4-3-6-19-15)22-9-5-12(11-22)21-7-1-2-8-21/h3-4,6,12H,1-2,5,7-9,11H2,(H,20,23). The van der Waals surface area contributed by atoms with Crippen LogP contribution in [0.4, 0.5) is 5.69 Å². The maximum Gasteiger partial charge on any atom is 0.268 e. The molecule has 0 saturated carbocycles. The molecule has 1 atom stereocenters. The van der Waals surface area contributed by atoms with Crippen LogP contribution in [0.2, 0.25) is 0 Å². The summed E-state index contributed by atoms with van der Waals surface area (Å²) >= 11 is 0. The summed E-state index contributed by atoms with van der Waals surface area (Å²) in [5, 5.41) is 9.46. The van der Waals surface area contributed by atoms with Gasteiger partial charge in [0.25, 0.3) is 5.56 Å².